The summed E-state index contributed by atoms with van der Waals surface area (Å²) in [4.78, 5) is 4.67. The topological polar surface area (TPSA) is 56.7 Å². The third kappa shape index (κ3) is 6.61. The number of nitrogens with zero attached hydrogens (tertiary/aromatic N) is 1. The van der Waals surface area contributed by atoms with Crippen molar-refractivity contribution in [3.63, 3.8) is 0 Å². The molecule has 1 saturated carbocycles. The normalized spacial score (nSPS) is 26.8. The van der Waals surface area contributed by atoms with Crippen molar-refractivity contribution < 1.29 is 5.11 Å². The predicted octanol–water partition coefficient (Wildman–Crippen LogP) is 2.90. The Labute approximate surface area is 141 Å². The first-order chi connectivity index (χ1) is 9.12. The van der Waals surface area contributed by atoms with E-state index in [1.54, 1.807) is 0 Å². The molecule has 0 aromatic rings. The summed E-state index contributed by atoms with van der Waals surface area (Å²) >= 11 is 0. The first kappa shape index (κ1) is 20.0. The maximum absolute atomic E-state index is 10.2. The summed E-state index contributed by atoms with van der Waals surface area (Å²) in [5.74, 6) is 0.884. The first-order valence-electron chi connectivity index (χ1n) is 7.82. The number of aliphatic hydroxyl groups is 1. The van der Waals surface area contributed by atoms with Crippen LogP contribution in [0.3, 0.4) is 0 Å². The van der Waals surface area contributed by atoms with Crippen molar-refractivity contribution >= 4 is 29.9 Å². The maximum Gasteiger partial charge on any atom is 0.191 e. The number of hydrogen-bond acceptors (Lipinski definition) is 2. The van der Waals surface area contributed by atoms with Gasteiger partial charge in [0, 0.05) is 18.5 Å². The second-order valence-corrected chi connectivity index (χ2v) is 5.89. The van der Waals surface area contributed by atoms with Crippen molar-refractivity contribution in [1.82, 2.24) is 10.6 Å². The Morgan fingerprint density at radius 2 is 2.05 bits per heavy atom. The van der Waals surface area contributed by atoms with Crippen LogP contribution in [0.4, 0.5) is 0 Å². The molecule has 120 valence electrons. The molecule has 0 aromatic carbocycles. The van der Waals surface area contributed by atoms with Gasteiger partial charge < -0.3 is 15.7 Å². The smallest absolute Gasteiger partial charge is 0.191 e. The van der Waals surface area contributed by atoms with Gasteiger partial charge in [-0.05, 0) is 26.2 Å². The number of guanidine groups is 1. The van der Waals surface area contributed by atoms with Crippen LogP contribution in [-0.4, -0.2) is 36.8 Å². The molecule has 0 radical (unpaired) electrons. The number of aliphatic imine (C=N–C) groups is 1. The SMILES string of the molecule is CCCCNC(=NCC1(C)CCCCC1O)NCC.I. The average Bonchev–Trinajstić information content (AvgIpc) is 2.40. The maximum atomic E-state index is 10.2. The number of halogens is 1. The second kappa shape index (κ2) is 10.7. The van der Waals surface area contributed by atoms with E-state index < -0.39 is 0 Å². The zero-order chi connectivity index (χ0) is 14.1. The van der Waals surface area contributed by atoms with Crippen LogP contribution in [0.25, 0.3) is 0 Å². The molecule has 2 unspecified atom stereocenters. The number of nitrogens with one attached hydrogen (secondary N) is 2. The van der Waals surface area contributed by atoms with E-state index in [9.17, 15) is 5.11 Å². The van der Waals surface area contributed by atoms with Gasteiger partial charge in [-0.25, -0.2) is 0 Å². The van der Waals surface area contributed by atoms with E-state index in [4.69, 9.17) is 0 Å². The molecule has 20 heavy (non-hydrogen) atoms. The highest BCUT2D eigenvalue weighted by Crippen LogP contribution is 2.36. The molecule has 1 rings (SSSR count). The lowest BCUT2D eigenvalue weighted by Gasteiger charge is -2.37. The van der Waals surface area contributed by atoms with Gasteiger partial charge >= 0.3 is 0 Å². The molecule has 0 spiro atoms. The third-order valence-electron chi connectivity index (χ3n) is 4.05. The number of unbranched alkanes of at least 4 members (excludes halogenated alkanes) is 1. The molecule has 3 N–H and O–H groups in total. The van der Waals surface area contributed by atoms with Crippen LogP contribution in [0.1, 0.15) is 59.3 Å². The second-order valence-electron chi connectivity index (χ2n) is 5.89. The minimum Gasteiger partial charge on any atom is -0.392 e. The van der Waals surface area contributed by atoms with Gasteiger partial charge in [0.25, 0.3) is 0 Å². The Bertz CT molecular complexity index is 286. The minimum atomic E-state index is -0.205. The van der Waals surface area contributed by atoms with Gasteiger partial charge in [0.05, 0.1) is 12.6 Å². The van der Waals surface area contributed by atoms with Crippen LogP contribution < -0.4 is 10.6 Å². The molecule has 0 amide bonds. The molecule has 0 aliphatic heterocycles. The van der Waals surface area contributed by atoms with Crippen molar-refractivity contribution in [1.29, 1.82) is 0 Å². The van der Waals surface area contributed by atoms with E-state index in [1.165, 1.54) is 12.8 Å². The zero-order valence-corrected chi connectivity index (χ0v) is 15.6. The van der Waals surface area contributed by atoms with Crippen molar-refractivity contribution in [2.45, 2.75) is 65.4 Å². The van der Waals surface area contributed by atoms with Crippen LogP contribution in [-0.2, 0) is 0 Å². The molecule has 1 fully saturated rings. The summed E-state index contributed by atoms with van der Waals surface area (Å²) in [6.07, 6.45) is 6.49. The van der Waals surface area contributed by atoms with E-state index in [1.807, 2.05) is 0 Å². The fourth-order valence-electron chi connectivity index (χ4n) is 2.55. The molecule has 4 nitrogen and oxygen atoms in total. The number of rotatable bonds is 6. The highest BCUT2D eigenvalue weighted by Gasteiger charge is 2.35. The molecule has 1 aliphatic carbocycles. The molecule has 1 aliphatic rings. The van der Waals surface area contributed by atoms with Gasteiger partial charge in [-0.3, -0.25) is 4.99 Å². The monoisotopic (exact) mass is 397 g/mol. The molecule has 0 aromatic heterocycles. The Morgan fingerprint density at radius 3 is 2.65 bits per heavy atom. The number of aliphatic hydroxyl groups excluding tert-OH is 1. The van der Waals surface area contributed by atoms with Crippen molar-refractivity contribution in [3.8, 4) is 0 Å². The van der Waals surface area contributed by atoms with Crippen LogP contribution in [0.5, 0.6) is 0 Å². The summed E-state index contributed by atoms with van der Waals surface area (Å²) < 4.78 is 0. The molecule has 0 saturated heterocycles. The predicted molar refractivity (Wildman–Crippen MR) is 96.9 cm³/mol. The van der Waals surface area contributed by atoms with Crippen molar-refractivity contribution in [2.75, 3.05) is 19.6 Å². The van der Waals surface area contributed by atoms with Crippen LogP contribution in [0.15, 0.2) is 4.99 Å². The Kier molecular flexibility index (Phi) is 10.6. The molecular weight excluding hydrogens is 365 g/mol. The molecule has 2 atom stereocenters. The zero-order valence-electron chi connectivity index (χ0n) is 13.2. The van der Waals surface area contributed by atoms with Crippen molar-refractivity contribution in [2.24, 2.45) is 10.4 Å². The van der Waals surface area contributed by atoms with Crippen LogP contribution >= 0.6 is 24.0 Å². The standard InChI is InChI=1S/C15H31N3O.HI/c1-4-6-11-17-14(16-5-2)18-12-15(3)10-8-7-9-13(15)19;/h13,19H,4-12H2,1-3H3,(H2,16,17,18);1H. The Balaban J connectivity index is 0.00000361. The van der Waals surface area contributed by atoms with E-state index in [2.05, 4.69) is 36.4 Å². The molecule has 5 heteroatoms. The highest BCUT2D eigenvalue weighted by atomic mass is 127. The summed E-state index contributed by atoms with van der Waals surface area (Å²) in [7, 11) is 0. The van der Waals surface area contributed by atoms with Crippen LogP contribution in [0.2, 0.25) is 0 Å². The fraction of sp³-hybridized carbons (Fsp3) is 0.933. The summed E-state index contributed by atoms with van der Waals surface area (Å²) in [6, 6.07) is 0. The Morgan fingerprint density at radius 1 is 1.30 bits per heavy atom. The fourth-order valence-corrected chi connectivity index (χ4v) is 2.55. The van der Waals surface area contributed by atoms with E-state index in [0.717, 1.165) is 44.7 Å². The first-order valence-corrected chi connectivity index (χ1v) is 7.82. The van der Waals surface area contributed by atoms with Crippen LogP contribution in [0, 0.1) is 5.41 Å². The van der Waals surface area contributed by atoms with Gasteiger partial charge in [0.15, 0.2) is 5.96 Å². The van der Waals surface area contributed by atoms with E-state index in [-0.39, 0.29) is 35.5 Å². The summed E-state index contributed by atoms with van der Waals surface area (Å²) in [5.41, 5.74) is -0.0502. The summed E-state index contributed by atoms with van der Waals surface area (Å²) in [6.45, 7) is 8.96. The van der Waals surface area contributed by atoms with E-state index in [0.29, 0.717) is 6.54 Å². The largest absolute Gasteiger partial charge is 0.392 e. The van der Waals surface area contributed by atoms with Gasteiger partial charge in [-0.2, -0.15) is 0 Å². The highest BCUT2D eigenvalue weighted by molar-refractivity contribution is 14.0. The Hall–Kier alpha value is -0.0400. The molecular formula is C15H32IN3O. The van der Waals surface area contributed by atoms with Gasteiger partial charge in [0.2, 0.25) is 0 Å². The van der Waals surface area contributed by atoms with Gasteiger partial charge in [0.1, 0.15) is 0 Å². The minimum absolute atomic E-state index is 0. The van der Waals surface area contributed by atoms with E-state index >= 15 is 0 Å². The lowest BCUT2D eigenvalue weighted by Crippen LogP contribution is -2.42. The lowest BCUT2D eigenvalue weighted by molar-refractivity contribution is 0.00716. The summed E-state index contributed by atoms with van der Waals surface area (Å²) in [5, 5.41) is 16.8. The van der Waals surface area contributed by atoms with Gasteiger partial charge in [-0.1, -0.05) is 33.1 Å². The molecule has 0 heterocycles. The van der Waals surface area contributed by atoms with Crippen molar-refractivity contribution in [3.05, 3.63) is 0 Å². The lowest BCUT2D eigenvalue weighted by atomic mass is 9.73. The number of hydrogen-bond donors (Lipinski definition) is 3. The van der Waals surface area contributed by atoms with Gasteiger partial charge in [-0.15, -0.1) is 24.0 Å². The third-order valence-corrected chi connectivity index (χ3v) is 4.05. The molecule has 0 bridgehead atoms. The quantitative estimate of drug-likeness (QED) is 0.280. The average molecular weight is 397 g/mol.